The molecule has 0 aromatic heterocycles. The fraction of sp³-hybridized carbons (Fsp3) is 0.500. The number of likely N-dealkylation sites (tertiary alicyclic amines) is 1. The van der Waals surface area contributed by atoms with Gasteiger partial charge in [0, 0.05) is 23.8 Å². The number of anilines is 1. The van der Waals surface area contributed by atoms with Gasteiger partial charge in [-0.2, -0.15) is 0 Å². The van der Waals surface area contributed by atoms with E-state index in [4.69, 9.17) is 11.6 Å². The lowest BCUT2D eigenvalue weighted by Crippen LogP contribution is -2.47. The minimum absolute atomic E-state index is 0.0429. The molecule has 2 rings (SSSR count). The highest BCUT2D eigenvalue weighted by atomic mass is 35.5. The Morgan fingerprint density at radius 3 is 2.79 bits per heavy atom. The highest BCUT2D eigenvalue weighted by molar-refractivity contribution is 6.30. The zero-order valence-corrected chi connectivity index (χ0v) is 11.7. The van der Waals surface area contributed by atoms with Gasteiger partial charge in [-0.25, -0.2) is 0 Å². The topological polar surface area (TPSA) is 52.6 Å². The number of benzene rings is 1. The first-order valence-electron chi connectivity index (χ1n) is 6.55. The molecule has 0 bridgehead atoms. The summed E-state index contributed by atoms with van der Waals surface area (Å²) in [4.78, 5) is 14.2. The Labute approximate surface area is 118 Å². The van der Waals surface area contributed by atoms with Crippen LogP contribution in [0.2, 0.25) is 5.02 Å². The van der Waals surface area contributed by atoms with Crippen molar-refractivity contribution in [3.63, 3.8) is 0 Å². The van der Waals surface area contributed by atoms with Crippen molar-refractivity contribution in [2.75, 3.05) is 18.4 Å². The molecule has 1 fully saturated rings. The molecule has 19 heavy (non-hydrogen) atoms. The van der Waals surface area contributed by atoms with Crippen LogP contribution >= 0.6 is 11.6 Å². The van der Waals surface area contributed by atoms with Crippen LogP contribution in [-0.2, 0) is 4.79 Å². The fourth-order valence-corrected chi connectivity index (χ4v) is 2.44. The van der Waals surface area contributed by atoms with Crippen molar-refractivity contribution in [2.24, 2.45) is 0 Å². The lowest BCUT2D eigenvalue weighted by molar-refractivity contribution is -0.121. The number of hydrogen-bond donors (Lipinski definition) is 2. The van der Waals surface area contributed by atoms with Crippen LogP contribution in [0.1, 0.15) is 19.8 Å². The van der Waals surface area contributed by atoms with Crippen molar-refractivity contribution in [1.29, 1.82) is 0 Å². The van der Waals surface area contributed by atoms with Gasteiger partial charge >= 0.3 is 0 Å². The van der Waals surface area contributed by atoms with Crippen molar-refractivity contribution in [3.05, 3.63) is 29.3 Å². The number of halogens is 1. The van der Waals surface area contributed by atoms with Crippen LogP contribution in [0.4, 0.5) is 5.69 Å². The van der Waals surface area contributed by atoms with Gasteiger partial charge in [0.25, 0.3) is 0 Å². The molecule has 1 atom stereocenters. The predicted molar refractivity (Wildman–Crippen MR) is 76.4 cm³/mol. The molecule has 1 saturated heterocycles. The fourth-order valence-electron chi connectivity index (χ4n) is 2.25. The minimum atomic E-state index is -0.223. The Balaban J connectivity index is 1.92. The van der Waals surface area contributed by atoms with E-state index in [0.29, 0.717) is 10.7 Å². The van der Waals surface area contributed by atoms with Gasteiger partial charge in [-0.1, -0.05) is 17.7 Å². The number of nitrogens with zero attached hydrogens (tertiary/aromatic N) is 1. The first-order chi connectivity index (χ1) is 9.06. The van der Waals surface area contributed by atoms with E-state index in [2.05, 4.69) is 10.2 Å². The molecular formula is C14H19ClN2O2. The van der Waals surface area contributed by atoms with Gasteiger partial charge in [0.1, 0.15) is 0 Å². The predicted octanol–water partition coefficient (Wildman–Crippen LogP) is 2.12. The lowest BCUT2D eigenvalue weighted by Gasteiger charge is -2.33. The van der Waals surface area contributed by atoms with E-state index < -0.39 is 0 Å². The van der Waals surface area contributed by atoms with Crippen LogP contribution in [0.25, 0.3) is 0 Å². The van der Waals surface area contributed by atoms with Gasteiger partial charge in [0.05, 0.1) is 12.1 Å². The Morgan fingerprint density at radius 2 is 2.16 bits per heavy atom. The SMILES string of the molecule is C[C@@H](C(=O)Nc1cccc(Cl)c1)N1CCC(O)CC1. The molecule has 4 nitrogen and oxygen atoms in total. The van der Waals surface area contributed by atoms with E-state index in [-0.39, 0.29) is 18.1 Å². The maximum Gasteiger partial charge on any atom is 0.241 e. The first-order valence-corrected chi connectivity index (χ1v) is 6.92. The van der Waals surface area contributed by atoms with Crippen LogP contribution in [0.3, 0.4) is 0 Å². The van der Waals surface area contributed by atoms with E-state index in [9.17, 15) is 9.90 Å². The molecule has 1 heterocycles. The van der Waals surface area contributed by atoms with Crippen LogP contribution in [0, 0.1) is 0 Å². The Bertz CT molecular complexity index is 445. The van der Waals surface area contributed by atoms with E-state index in [1.54, 1.807) is 18.2 Å². The van der Waals surface area contributed by atoms with Crippen LogP contribution in [0.5, 0.6) is 0 Å². The van der Waals surface area contributed by atoms with Gasteiger partial charge in [0.2, 0.25) is 5.91 Å². The summed E-state index contributed by atoms with van der Waals surface area (Å²) in [6.45, 7) is 3.40. The number of hydrogen-bond acceptors (Lipinski definition) is 3. The van der Waals surface area contributed by atoms with E-state index in [1.165, 1.54) is 0 Å². The lowest BCUT2D eigenvalue weighted by atomic mass is 10.1. The molecule has 1 aliphatic rings. The molecular weight excluding hydrogens is 264 g/mol. The summed E-state index contributed by atoms with van der Waals surface area (Å²) in [5, 5.41) is 12.9. The number of rotatable bonds is 3. The number of piperidine rings is 1. The van der Waals surface area contributed by atoms with Gasteiger partial charge in [-0.3, -0.25) is 9.69 Å². The average molecular weight is 283 g/mol. The van der Waals surface area contributed by atoms with Crippen LogP contribution < -0.4 is 5.32 Å². The Morgan fingerprint density at radius 1 is 1.47 bits per heavy atom. The van der Waals surface area contributed by atoms with Crippen molar-refractivity contribution >= 4 is 23.2 Å². The molecule has 0 saturated carbocycles. The second-order valence-corrected chi connectivity index (χ2v) is 5.38. The number of carbonyl (C=O) groups excluding carboxylic acids is 1. The van der Waals surface area contributed by atoms with Gasteiger partial charge in [0.15, 0.2) is 0 Å². The van der Waals surface area contributed by atoms with Crippen molar-refractivity contribution in [1.82, 2.24) is 4.90 Å². The summed E-state index contributed by atoms with van der Waals surface area (Å²) in [6, 6.07) is 6.92. The second-order valence-electron chi connectivity index (χ2n) is 4.94. The maximum atomic E-state index is 12.1. The van der Waals surface area contributed by atoms with Crippen molar-refractivity contribution in [3.8, 4) is 0 Å². The first kappa shape index (κ1) is 14.3. The smallest absolute Gasteiger partial charge is 0.241 e. The minimum Gasteiger partial charge on any atom is -0.393 e. The second kappa shape index (κ2) is 6.37. The zero-order valence-electron chi connectivity index (χ0n) is 11.0. The molecule has 2 N–H and O–H groups in total. The summed E-state index contributed by atoms with van der Waals surface area (Å²) < 4.78 is 0. The maximum absolute atomic E-state index is 12.1. The molecule has 0 aliphatic carbocycles. The summed E-state index contributed by atoms with van der Waals surface area (Å²) >= 11 is 5.88. The normalized spacial score (nSPS) is 19.1. The molecule has 0 radical (unpaired) electrons. The summed E-state index contributed by atoms with van der Waals surface area (Å²) in [7, 11) is 0. The summed E-state index contributed by atoms with van der Waals surface area (Å²) in [6.07, 6.45) is 1.24. The molecule has 1 aliphatic heterocycles. The van der Waals surface area contributed by atoms with Crippen molar-refractivity contribution in [2.45, 2.75) is 31.9 Å². The average Bonchev–Trinajstić information content (AvgIpc) is 2.39. The van der Waals surface area contributed by atoms with Gasteiger partial charge in [-0.05, 0) is 38.0 Å². The third-order valence-electron chi connectivity index (χ3n) is 3.52. The zero-order chi connectivity index (χ0) is 13.8. The molecule has 0 unspecified atom stereocenters. The largest absolute Gasteiger partial charge is 0.393 e. The number of nitrogens with one attached hydrogen (secondary N) is 1. The van der Waals surface area contributed by atoms with E-state index in [1.807, 2.05) is 13.0 Å². The molecule has 104 valence electrons. The molecule has 5 heteroatoms. The quantitative estimate of drug-likeness (QED) is 0.893. The van der Waals surface area contributed by atoms with Gasteiger partial charge in [-0.15, -0.1) is 0 Å². The number of carbonyl (C=O) groups is 1. The number of aliphatic hydroxyl groups excluding tert-OH is 1. The number of amides is 1. The van der Waals surface area contributed by atoms with E-state index >= 15 is 0 Å². The third-order valence-corrected chi connectivity index (χ3v) is 3.75. The summed E-state index contributed by atoms with van der Waals surface area (Å²) in [5.74, 6) is -0.0429. The van der Waals surface area contributed by atoms with Crippen LogP contribution in [0.15, 0.2) is 24.3 Å². The Kier molecular flexibility index (Phi) is 4.80. The molecule has 1 aromatic carbocycles. The third kappa shape index (κ3) is 3.93. The Hall–Kier alpha value is -1.10. The van der Waals surface area contributed by atoms with Crippen molar-refractivity contribution < 1.29 is 9.90 Å². The summed E-state index contributed by atoms with van der Waals surface area (Å²) in [5.41, 5.74) is 0.710. The van der Waals surface area contributed by atoms with E-state index in [0.717, 1.165) is 25.9 Å². The highest BCUT2D eigenvalue weighted by Gasteiger charge is 2.25. The van der Waals surface area contributed by atoms with Crippen LogP contribution in [-0.4, -0.2) is 41.1 Å². The molecule has 1 amide bonds. The monoisotopic (exact) mass is 282 g/mol. The highest BCUT2D eigenvalue weighted by Crippen LogP contribution is 2.17. The molecule has 0 spiro atoms. The standard InChI is InChI=1S/C14H19ClN2O2/c1-10(17-7-5-13(18)6-8-17)14(19)16-12-4-2-3-11(15)9-12/h2-4,9-10,13,18H,5-8H2,1H3,(H,16,19)/t10-/m0/s1. The molecule has 1 aromatic rings. The number of aliphatic hydroxyl groups is 1. The van der Waals surface area contributed by atoms with Gasteiger partial charge < -0.3 is 10.4 Å².